The Hall–Kier alpha value is -0.940. The summed E-state index contributed by atoms with van der Waals surface area (Å²) in [5, 5.41) is 10.4. The number of likely N-dealkylation sites (tertiary alicyclic amines) is 1. The monoisotopic (exact) mass is 304 g/mol. The van der Waals surface area contributed by atoms with Gasteiger partial charge < -0.3 is 20.9 Å². The van der Waals surface area contributed by atoms with Gasteiger partial charge in [-0.05, 0) is 58.1 Å². The minimum Gasteiger partial charge on any atom is -0.317 e. The van der Waals surface area contributed by atoms with E-state index in [0.29, 0.717) is 0 Å². The first-order valence-corrected chi connectivity index (χ1v) is 8.73. The van der Waals surface area contributed by atoms with Crippen LogP contribution < -0.4 is 16.0 Å². The Bertz CT molecular complexity index is 374. The lowest BCUT2D eigenvalue weighted by Gasteiger charge is -2.31. The highest BCUT2D eigenvalue weighted by Gasteiger charge is 2.16. The summed E-state index contributed by atoms with van der Waals surface area (Å²) < 4.78 is 0. The molecule has 1 aromatic rings. The lowest BCUT2D eigenvalue weighted by Crippen LogP contribution is -2.42. The average molecular weight is 304 g/mol. The fourth-order valence-electron chi connectivity index (χ4n) is 3.00. The fourth-order valence-corrected chi connectivity index (χ4v) is 3.00. The van der Waals surface area contributed by atoms with Crippen molar-refractivity contribution in [1.82, 2.24) is 20.9 Å². The van der Waals surface area contributed by atoms with Gasteiger partial charge in [-0.1, -0.05) is 30.3 Å². The van der Waals surface area contributed by atoms with Gasteiger partial charge in [0.1, 0.15) is 0 Å². The molecular weight excluding hydrogens is 272 g/mol. The molecular formula is C18H32N4. The van der Waals surface area contributed by atoms with Crippen LogP contribution in [0.25, 0.3) is 0 Å². The van der Waals surface area contributed by atoms with E-state index in [2.05, 4.69) is 58.2 Å². The molecule has 1 saturated heterocycles. The van der Waals surface area contributed by atoms with E-state index < -0.39 is 0 Å². The van der Waals surface area contributed by atoms with Gasteiger partial charge in [0.15, 0.2) is 0 Å². The van der Waals surface area contributed by atoms with Crippen LogP contribution in [0.3, 0.4) is 0 Å². The van der Waals surface area contributed by atoms with Crippen molar-refractivity contribution >= 4 is 0 Å². The minimum absolute atomic E-state index is 0.741. The first-order valence-electron chi connectivity index (χ1n) is 8.73. The van der Waals surface area contributed by atoms with Gasteiger partial charge in [-0.15, -0.1) is 0 Å². The normalized spacial score (nSPS) is 17.0. The molecule has 0 radical (unpaired) electrons. The van der Waals surface area contributed by atoms with Crippen LogP contribution >= 0.6 is 0 Å². The van der Waals surface area contributed by atoms with E-state index in [1.165, 1.54) is 44.5 Å². The summed E-state index contributed by atoms with van der Waals surface area (Å²) in [6.45, 7) is 7.91. The van der Waals surface area contributed by atoms with E-state index in [4.69, 9.17) is 0 Å². The van der Waals surface area contributed by atoms with Crippen LogP contribution in [0.4, 0.5) is 0 Å². The van der Waals surface area contributed by atoms with Crippen molar-refractivity contribution in [1.29, 1.82) is 0 Å². The summed E-state index contributed by atoms with van der Waals surface area (Å²) in [5.74, 6) is 0. The molecule has 0 spiro atoms. The number of benzene rings is 1. The molecule has 124 valence electrons. The Labute approximate surface area is 135 Å². The molecule has 0 aliphatic carbocycles. The number of nitrogens with zero attached hydrogens (tertiary/aromatic N) is 1. The van der Waals surface area contributed by atoms with E-state index >= 15 is 0 Å². The summed E-state index contributed by atoms with van der Waals surface area (Å²) in [7, 11) is 2.08. The Balaban J connectivity index is 1.39. The predicted molar refractivity (Wildman–Crippen MR) is 94.2 cm³/mol. The van der Waals surface area contributed by atoms with Crippen LogP contribution in [0.1, 0.15) is 24.8 Å². The maximum Gasteiger partial charge on any atom is 0.0206 e. The van der Waals surface area contributed by atoms with Gasteiger partial charge in [0.2, 0.25) is 0 Å². The highest BCUT2D eigenvalue weighted by molar-refractivity contribution is 5.14. The molecule has 1 aliphatic heterocycles. The summed E-state index contributed by atoms with van der Waals surface area (Å²) in [6.07, 6.45) is 3.85. The zero-order valence-electron chi connectivity index (χ0n) is 14.0. The molecule has 0 atom stereocenters. The quantitative estimate of drug-likeness (QED) is 0.572. The van der Waals surface area contributed by atoms with Gasteiger partial charge in [0.05, 0.1) is 0 Å². The Morgan fingerprint density at radius 3 is 2.45 bits per heavy atom. The van der Waals surface area contributed by atoms with E-state index in [9.17, 15) is 0 Å². The molecule has 1 fully saturated rings. The Morgan fingerprint density at radius 2 is 1.73 bits per heavy atom. The SMILES string of the molecule is CNC1CCN(CCCNCCNCc2ccccc2)CC1. The predicted octanol–water partition coefficient (Wildman–Crippen LogP) is 1.44. The molecule has 0 saturated carbocycles. The second-order valence-electron chi connectivity index (χ2n) is 6.17. The topological polar surface area (TPSA) is 39.3 Å². The first-order chi connectivity index (χ1) is 10.9. The van der Waals surface area contributed by atoms with Crippen LogP contribution in [0, 0.1) is 0 Å². The second kappa shape index (κ2) is 10.7. The van der Waals surface area contributed by atoms with Crippen molar-refractivity contribution in [3.05, 3.63) is 35.9 Å². The van der Waals surface area contributed by atoms with Crippen molar-refractivity contribution in [3.63, 3.8) is 0 Å². The fraction of sp³-hybridized carbons (Fsp3) is 0.667. The molecule has 3 N–H and O–H groups in total. The van der Waals surface area contributed by atoms with Crippen molar-refractivity contribution < 1.29 is 0 Å². The molecule has 0 unspecified atom stereocenters. The third kappa shape index (κ3) is 6.88. The maximum absolute atomic E-state index is 3.53. The largest absolute Gasteiger partial charge is 0.317 e. The van der Waals surface area contributed by atoms with Crippen molar-refractivity contribution in [2.24, 2.45) is 0 Å². The second-order valence-corrected chi connectivity index (χ2v) is 6.17. The van der Waals surface area contributed by atoms with E-state index in [1.54, 1.807) is 0 Å². The van der Waals surface area contributed by atoms with E-state index in [0.717, 1.165) is 32.2 Å². The van der Waals surface area contributed by atoms with Gasteiger partial charge in [-0.25, -0.2) is 0 Å². The molecule has 1 aromatic carbocycles. The molecule has 1 aliphatic rings. The highest BCUT2D eigenvalue weighted by atomic mass is 15.1. The molecule has 2 rings (SSSR count). The minimum atomic E-state index is 0.741. The third-order valence-corrected chi connectivity index (χ3v) is 4.47. The Morgan fingerprint density at radius 1 is 1.00 bits per heavy atom. The molecule has 4 nitrogen and oxygen atoms in total. The number of piperidine rings is 1. The summed E-state index contributed by atoms with van der Waals surface area (Å²) >= 11 is 0. The highest BCUT2D eigenvalue weighted by Crippen LogP contribution is 2.09. The van der Waals surface area contributed by atoms with E-state index in [-0.39, 0.29) is 0 Å². The summed E-state index contributed by atoms with van der Waals surface area (Å²) in [4.78, 5) is 2.60. The lowest BCUT2D eigenvalue weighted by molar-refractivity contribution is 0.199. The molecule has 0 amide bonds. The number of nitrogens with one attached hydrogen (secondary N) is 3. The first kappa shape index (κ1) is 17.4. The third-order valence-electron chi connectivity index (χ3n) is 4.47. The summed E-state index contributed by atoms with van der Waals surface area (Å²) in [6, 6.07) is 11.3. The zero-order chi connectivity index (χ0) is 15.5. The van der Waals surface area contributed by atoms with Gasteiger partial charge in [-0.3, -0.25) is 0 Å². The van der Waals surface area contributed by atoms with Gasteiger partial charge in [0.25, 0.3) is 0 Å². The molecule has 1 heterocycles. The van der Waals surface area contributed by atoms with Gasteiger partial charge in [0, 0.05) is 25.7 Å². The maximum atomic E-state index is 3.53. The van der Waals surface area contributed by atoms with Crippen LogP contribution in [0.5, 0.6) is 0 Å². The average Bonchev–Trinajstić information content (AvgIpc) is 2.59. The van der Waals surface area contributed by atoms with Crippen molar-refractivity contribution in [2.45, 2.75) is 31.8 Å². The number of hydrogen-bond acceptors (Lipinski definition) is 4. The van der Waals surface area contributed by atoms with E-state index in [1.807, 2.05) is 0 Å². The van der Waals surface area contributed by atoms with Crippen molar-refractivity contribution in [3.8, 4) is 0 Å². The smallest absolute Gasteiger partial charge is 0.0206 e. The number of rotatable bonds is 10. The van der Waals surface area contributed by atoms with Gasteiger partial charge in [-0.2, -0.15) is 0 Å². The van der Waals surface area contributed by atoms with Crippen LogP contribution in [0.15, 0.2) is 30.3 Å². The molecule has 0 aromatic heterocycles. The standard InChI is InChI=1S/C18H32N4/c1-19-18-8-14-22(15-9-18)13-5-10-20-11-12-21-16-17-6-3-2-4-7-17/h2-4,6-7,18-21H,5,8-16H2,1H3. The molecule has 0 bridgehead atoms. The lowest BCUT2D eigenvalue weighted by atomic mass is 10.1. The number of hydrogen-bond donors (Lipinski definition) is 3. The Kier molecular flexibility index (Phi) is 8.49. The molecule has 4 heteroatoms. The van der Waals surface area contributed by atoms with Crippen LogP contribution in [-0.4, -0.2) is 57.3 Å². The zero-order valence-corrected chi connectivity index (χ0v) is 14.0. The summed E-state index contributed by atoms with van der Waals surface area (Å²) in [5.41, 5.74) is 1.35. The van der Waals surface area contributed by atoms with Crippen LogP contribution in [0.2, 0.25) is 0 Å². The van der Waals surface area contributed by atoms with Gasteiger partial charge >= 0.3 is 0 Å². The van der Waals surface area contributed by atoms with Crippen LogP contribution in [-0.2, 0) is 6.54 Å². The van der Waals surface area contributed by atoms with Crippen molar-refractivity contribution in [2.75, 3.05) is 46.3 Å². The molecule has 22 heavy (non-hydrogen) atoms.